The Morgan fingerprint density at radius 3 is 2.62 bits per heavy atom. The summed E-state index contributed by atoms with van der Waals surface area (Å²) in [7, 11) is 0. The highest BCUT2D eigenvalue weighted by Gasteiger charge is 2.20. The van der Waals surface area contributed by atoms with E-state index in [4.69, 9.17) is 10.2 Å². The van der Waals surface area contributed by atoms with Gasteiger partial charge in [0.25, 0.3) is 5.22 Å². The Balaban J connectivity index is 1.92. The first kappa shape index (κ1) is 18.5. The maximum Gasteiger partial charge on any atom is 0.277 e. The van der Waals surface area contributed by atoms with Gasteiger partial charge in [0, 0.05) is 5.69 Å². The second-order valence-corrected chi connectivity index (χ2v) is 6.85. The molecule has 0 radical (unpaired) electrons. The van der Waals surface area contributed by atoms with E-state index in [1.54, 1.807) is 0 Å². The molecular formula is C17H24N4O2S. The molecule has 0 fully saturated rings. The highest BCUT2D eigenvalue weighted by Crippen LogP contribution is 2.25. The molecule has 3 N–H and O–H groups in total. The molecule has 0 aliphatic rings. The number of nitrogens with zero attached hydrogens (tertiary/aromatic N) is 2. The molecule has 1 aromatic carbocycles. The molecule has 1 amide bonds. The fraction of sp³-hybridized carbons (Fsp3) is 0.471. The van der Waals surface area contributed by atoms with Crippen molar-refractivity contribution in [3.05, 3.63) is 35.2 Å². The number of amides is 1. The predicted molar refractivity (Wildman–Crippen MR) is 96.0 cm³/mol. The zero-order chi connectivity index (χ0) is 17.7. The van der Waals surface area contributed by atoms with E-state index in [0.717, 1.165) is 23.2 Å². The highest BCUT2D eigenvalue weighted by atomic mass is 32.2. The van der Waals surface area contributed by atoms with E-state index in [-0.39, 0.29) is 23.6 Å². The summed E-state index contributed by atoms with van der Waals surface area (Å²) in [5, 5.41) is 11.2. The highest BCUT2D eigenvalue weighted by molar-refractivity contribution is 7.99. The smallest absolute Gasteiger partial charge is 0.277 e. The van der Waals surface area contributed by atoms with Crippen molar-refractivity contribution in [1.82, 2.24) is 10.2 Å². The number of nitrogens with one attached hydrogen (secondary N) is 1. The molecule has 2 unspecified atom stereocenters. The Labute approximate surface area is 146 Å². The molecule has 6 nitrogen and oxygen atoms in total. The van der Waals surface area contributed by atoms with Gasteiger partial charge in [0.2, 0.25) is 11.8 Å². The van der Waals surface area contributed by atoms with Gasteiger partial charge in [0.1, 0.15) is 0 Å². The summed E-state index contributed by atoms with van der Waals surface area (Å²) in [6.45, 7) is 8.04. The maximum absolute atomic E-state index is 12.1. The van der Waals surface area contributed by atoms with Crippen molar-refractivity contribution in [3.63, 3.8) is 0 Å². The van der Waals surface area contributed by atoms with E-state index in [2.05, 4.69) is 22.4 Å². The molecule has 0 spiro atoms. The summed E-state index contributed by atoms with van der Waals surface area (Å²) in [6, 6.07) is 5.63. The summed E-state index contributed by atoms with van der Waals surface area (Å²) in [5.41, 5.74) is 8.99. The molecule has 0 aliphatic heterocycles. The first-order chi connectivity index (χ1) is 11.4. The van der Waals surface area contributed by atoms with Crippen LogP contribution < -0.4 is 11.1 Å². The minimum absolute atomic E-state index is 0.108. The quantitative estimate of drug-likeness (QED) is 0.744. The monoisotopic (exact) mass is 348 g/mol. The lowest BCUT2D eigenvalue weighted by molar-refractivity contribution is -0.113. The predicted octanol–water partition coefficient (Wildman–Crippen LogP) is 3.46. The third kappa shape index (κ3) is 4.58. The van der Waals surface area contributed by atoms with Crippen molar-refractivity contribution in [2.24, 2.45) is 11.7 Å². The van der Waals surface area contributed by atoms with Gasteiger partial charge in [-0.1, -0.05) is 50.2 Å². The zero-order valence-corrected chi connectivity index (χ0v) is 15.3. The Bertz CT molecular complexity index is 681. The van der Waals surface area contributed by atoms with Crippen LogP contribution in [0.15, 0.2) is 27.8 Å². The molecule has 7 heteroatoms. The van der Waals surface area contributed by atoms with Crippen LogP contribution in [0.25, 0.3) is 0 Å². The van der Waals surface area contributed by atoms with E-state index in [1.165, 1.54) is 11.8 Å². The number of hydrogen-bond acceptors (Lipinski definition) is 6. The second-order valence-electron chi connectivity index (χ2n) is 5.92. The van der Waals surface area contributed by atoms with Gasteiger partial charge < -0.3 is 15.5 Å². The largest absolute Gasteiger partial charge is 0.414 e. The number of nitrogens with two attached hydrogens (primary N) is 1. The average molecular weight is 348 g/mol. The van der Waals surface area contributed by atoms with Crippen LogP contribution in [-0.2, 0) is 4.79 Å². The van der Waals surface area contributed by atoms with Crippen LogP contribution in [0.5, 0.6) is 0 Å². The van der Waals surface area contributed by atoms with Crippen LogP contribution in [0, 0.1) is 19.8 Å². The number of aryl methyl sites for hydroxylation is 2. The van der Waals surface area contributed by atoms with Crippen LogP contribution in [-0.4, -0.2) is 21.9 Å². The molecule has 2 aromatic rings. The van der Waals surface area contributed by atoms with Crippen molar-refractivity contribution in [2.75, 3.05) is 11.1 Å². The van der Waals surface area contributed by atoms with Crippen molar-refractivity contribution >= 4 is 23.4 Å². The Hall–Kier alpha value is -1.86. The maximum atomic E-state index is 12.1. The fourth-order valence-electron chi connectivity index (χ4n) is 2.23. The number of rotatable bonds is 7. The zero-order valence-electron chi connectivity index (χ0n) is 14.5. The standard InChI is InChI=1S/C17H24N4O2S/c1-5-10(2)14(18)16-20-21-17(23-16)24-9-13(22)19-15-11(3)7-6-8-12(15)4/h6-8,10,14H,5,9,18H2,1-4H3,(H,19,22). The molecule has 0 bridgehead atoms. The second kappa shape index (κ2) is 8.30. The number of aromatic nitrogens is 2. The van der Waals surface area contributed by atoms with Gasteiger partial charge in [-0.2, -0.15) is 0 Å². The molecule has 0 aliphatic carbocycles. The van der Waals surface area contributed by atoms with Crippen LogP contribution in [0.2, 0.25) is 0 Å². The first-order valence-corrected chi connectivity index (χ1v) is 8.98. The summed E-state index contributed by atoms with van der Waals surface area (Å²) < 4.78 is 5.55. The lowest BCUT2D eigenvalue weighted by Gasteiger charge is -2.13. The van der Waals surface area contributed by atoms with E-state index in [0.29, 0.717) is 11.1 Å². The molecule has 2 rings (SSSR count). The van der Waals surface area contributed by atoms with Gasteiger partial charge in [-0.05, 0) is 30.9 Å². The number of para-hydroxylation sites is 1. The van der Waals surface area contributed by atoms with Gasteiger partial charge in [-0.25, -0.2) is 0 Å². The Kier molecular flexibility index (Phi) is 6.39. The third-order valence-electron chi connectivity index (χ3n) is 4.04. The SMILES string of the molecule is CCC(C)C(N)c1nnc(SCC(=O)Nc2c(C)cccc2C)o1. The number of carbonyl (C=O) groups is 1. The minimum Gasteiger partial charge on any atom is -0.414 e. The molecule has 0 saturated heterocycles. The molecule has 24 heavy (non-hydrogen) atoms. The van der Waals surface area contributed by atoms with E-state index < -0.39 is 0 Å². The number of carbonyl (C=O) groups excluding carboxylic acids is 1. The summed E-state index contributed by atoms with van der Waals surface area (Å²) in [6.07, 6.45) is 0.935. The van der Waals surface area contributed by atoms with E-state index >= 15 is 0 Å². The number of anilines is 1. The number of thioether (sulfide) groups is 1. The summed E-state index contributed by atoms with van der Waals surface area (Å²) >= 11 is 1.21. The van der Waals surface area contributed by atoms with Crippen molar-refractivity contribution in [2.45, 2.75) is 45.4 Å². The Morgan fingerprint density at radius 1 is 1.33 bits per heavy atom. The van der Waals surface area contributed by atoms with Gasteiger partial charge >= 0.3 is 0 Å². The molecule has 1 heterocycles. The summed E-state index contributed by atoms with van der Waals surface area (Å²) in [5.74, 6) is 0.773. The topological polar surface area (TPSA) is 94.0 Å². The van der Waals surface area contributed by atoms with Crippen LogP contribution in [0.1, 0.15) is 43.3 Å². The van der Waals surface area contributed by atoms with Gasteiger partial charge in [-0.15, -0.1) is 10.2 Å². The molecule has 1 aromatic heterocycles. The van der Waals surface area contributed by atoms with Gasteiger partial charge in [0.15, 0.2) is 0 Å². The minimum atomic E-state index is -0.278. The van der Waals surface area contributed by atoms with Crippen molar-refractivity contribution < 1.29 is 9.21 Å². The number of benzene rings is 1. The lowest BCUT2D eigenvalue weighted by atomic mass is 10.0. The molecule has 0 saturated carbocycles. The van der Waals surface area contributed by atoms with Gasteiger partial charge in [0.05, 0.1) is 11.8 Å². The third-order valence-corrected chi connectivity index (χ3v) is 4.85. The first-order valence-electron chi connectivity index (χ1n) is 8.00. The summed E-state index contributed by atoms with van der Waals surface area (Å²) in [4.78, 5) is 12.1. The van der Waals surface area contributed by atoms with Crippen LogP contribution in [0.3, 0.4) is 0 Å². The normalized spacial score (nSPS) is 13.5. The van der Waals surface area contributed by atoms with E-state index in [9.17, 15) is 4.79 Å². The fourth-order valence-corrected chi connectivity index (χ4v) is 2.79. The molecule has 2 atom stereocenters. The van der Waals surface area contributed by atoms with Crippen molar-refractivity contribution in [3.8, 4) is 0 Å². The van der Waals surface area contributed by atoms with Crippen LogP contribution >= 0.6 is 11.8 Å². The lowest BCUT2D eigenvalue weighted by Crippen LogP contribution is -2.18. The molecular weight excluding hydrogens is 324 g/mol. The van der Waals surface area contributed by atoms with Crippen molar-refractivity contribution in [1.29, 1.82) is 0 Å². The van der Waals surface area contributed by atoms with Gasteiger partial charge in [-0.3, -0.25) is 4.79 Å². The number of hydrogen-bond donors (Lipinski definition) is 2. The average Bonchev–Trinajstić information content (AvgIpc) is 3.04. The van der Waals surface area contributed by atoms with E-state index in [1.807, 2.05) is 39.0 Å². The Morgan fingerprint density at radius 2 is 2.00 bits per heavy atom. The molecule has 130 valence electrons. The van der Waals surface area contributed by atoms with Crippen LogP contribution in [0.4, 0.5) is 5.69 Å².